The average molecular weight is 239 g/mol. The summed E-state index contributed by atoms with van der Waals surface area (Å²) in [6, 6.07) is 17.2. The first-order valence-electron chi connectivity index (χ1n) is 5.68. The zero-order valence-corrected chi connectivity index (χ0v) is 9.80. The van der Waals surface area contributed by atoms with Crippen LogP contribution in [0.3, 0.4) is 0 Å². The van der Waals surface area contributed by atoms with Gasteiger partial charge in [-0.15, -0.1) is 0 Å². The van der Waals surface area contributed by atoms with E-state index in [4.69, 9.17) is 0 Å². The van der Waals surface area contributed by atoms with Crippen LogP contribution in [0, 0.1) is 0 Å². The van der Waals surface area contributed by atoms with Crippen molar-refractivity contribution in [2.75, 3.05) is 6.54 Å². The second kappa shape index (κ2) is 5.77. The predicted octanol–water partition coefficient (Wildman–Crippen LogP) is 2.28. The van der Waals surface area contributed by atoms with E-state index < -0.39 is 0 Å². The van der Waals surface area contributed by atoms with Gasteiger partial charge >= 0.3 is 0 Å². The zero-order chi connectivity index (χ0) is 12.8. The largest absolute Gasteiger partial charge is 0.345 e. The highest BCUT2D eigenvalue weighted by Crippen LogP contribution is 2.19. The molecule has 0 aliphatic heterocycles. The Kier molecular flexibility index (Phi) is 3.86. The maximum absolute atomic E-state index is 11.7. The summed E-state index contributed by atoms with van der Waals surface area (Å²) < 4.78 is 0. The molecule has 2 rings (SSSR count). The van der Waals surface area contributed by atoms with Crippen LogP contribution in [0.1, 0.15) is 10.4 Å². The van der Waals surface area contributed by atoms with Crippen molar-refractivity contribution in [1.82, 2.24) is 5.32 Å². The molecule has 1 amide bonds. The normalized spacial score (nSPS) is 9.78. The van der Waals surface area contributed by atoms with Gasteiger partial charge in [0, 0.05) is 5.56 Å². The van der Waals surface area contributed by atoms with Crippen LogP contribution < -0.4 is 5.32 Å². The van der Waals surface area contributed by atoms with E-state index >= 15 is 0 Å². The number of hydrogen-bond acceptors (Lipinski definition) is 2. The first-order valence-corrected chi connectivity index (χ1v) is 5.68. The second-order valence-electron chi connectivity index (χ2n) is 3.82. The molecule has 0 unspecified atom stereocenters. The van der Waals surface area contributed by atoms with Gasteiger partial charge in [0.25, 0.3) is 5.91 Å². The molecule has 0 bridgehead atoms. The lowest BCUT2D eigenvalue weighted by atomic mass is 10.0. The van der Waals surface area contributed by atoms with Gasteiger partial charge in [-0.2, -0.15) is 0 Å². The van der Waals surface area contributed by atoms with Crippen molar-refractivity contribution in [3.63, 3.8) is 0 Å². The van der Waals surface area contributed by atoms with Crippen molar-refractivity contribution in [3.8, 4) is 11.1 Å². The average Bonchev–Trinajstić information content (AvgIpc) is 2.46. The Bertz CT molecular complexity index is 549. The summed E-state index contributed by atoms with van der Waals surface area (Å²) in [6.07, 6.45) is 0.666. The number of carbonyl (C=O) groups is 2. The van der Waals surface area contributed by atoms with Crippen LogP contribution in [-0.2, 0) is 4.79 Å². The Morgan fingerprint density at radius 1 is 1.00 bits per heavy atom. The molecule has 0 atom stereocenters. The Morgan fingerprint density at radius 2 is 1.72 bits per heavy atom. The minimum atomic E-state index is -0.236. The van der Waals surface area contributed by atoms with Gasteiger partial charge in [0.2, 0.25) is 0 Å². The highest BCUT2D eigenvalue weighted by atomic mass is 16.2. The topological polar surface area (TPSA) is 46.2 Å². The van der Waals surface area contributed by atoms with Crippen molar-refractivity contribution in [2.45, 2.75) is 0 Å². The number of carbonyl (C=O) groups excluding carboxylic acids is 2. The molecular weight excluding hydrogens is 226 g/mol. The lowest BCUT2D eigenvalue weighted by Gasteiger charge is -2.05. The molecule has 0 spiro atoms. The minimum Gasteiger partial charge on any atom is -0.345 e. The van der Waals surface area contributed by atoms with E-state index in [1.165, 1.54) is 0 Å². The third-order valence-corrected chi connectivity index (χ3v) is 2.58. The molecule has 0 aromatic heterocycles. The number of rotatable bonds is 4. The van der Waals surface area contributed by atoms with Crippen molar-refractivity contribution in [2.24, 2.45) is 0 Å². The molecule has 0 saturated carbocycles. The first-order chi connectivity index (χ1) is 8.81. The zero-order valence-electron chi connectivity index (χ0n) is 9.80. The van der Waals surface area contributed by atoms with Crippen LogP contribution in [0.5, 0.6) is 0 Å². The highest BCUT2D eigenvalue weighted by Gasteiger charge is 2.05. The standard InChI is InChI=1S/C15H13NO2/c17-10-9-16-15(18)14-8-4-7-13(11-14)12-5-2-1-3-6-12/h1-8,10-11H,9H2,(H,16,18). The quantitative estimate of drug-likeness (QED) is 0.832. The van der Waals surface area contributed by atoms with E-state index in [1.54, 1.807) is 6.07 Å². The summed E-state index contributed by atoms with van der Waals surface area (Å²) in [5.74, 6) is -0.236. The number of aldehydes is 1. The molecule has 0 radical (unpaired) electrons. The number of nitrogens with one attached hydrogen (secondary N) is 1. The van der Waals surface area contributed by atoms with E-state index in [9.17, 15) is 9.59 Å². The summed E-state index contributed by atoms with van der Waals surface area (Å²) in [6.45, 7) is 0.0361. The second-order valence-corrected chi connectivity index (χ2v) is 3.82. The molecule has 0 aliphatic rings. The number of benzene rings is 2. The van der Waals surface area contributed by atoms with Gasteiger partial charge in [0.15, 0.2) is 0 Å². The summed E-state index contributed by atoms with van der Waals surface area (Å²) in [5.41, 5.74) is 2.59. The molecule has 2 aromatic carbocycles. The van der Waals surface area contributed by atoms with Crippen molar-refractivity contribution in [1.29, 1.82) is 0 Å². The fourth-order valence-corrected chi connectivity index (χ4v) is 1.71. The molecule has 0 heterocycles. The third-order valence-electron chi connectivity index (χ3n) is 2.58. The Balaban J connectivity index is 2.25. The summed E-state index contributed by atoms with van der Waals surface area (Å²) in [5, 5.41) is 2.52. The van der Waals surface area contributed by atoms with Crippen molar-refractivity contribution in [3.05, 3.63) is 60.2 Å². The summed E-state index contributed by atoms with van der Waals surface area (Å²) >= 11 is 0. The molecule has 0 aliphatic carbocycles. The van der Waals surface area contributed by atoms with E-state index in [-0.39, 0.29) is 12.5 Å². The number of amides is 1. The Morgan fingerprint density at radius 3 is 2.44 bits per heavy atom. The first kappa shape index (κ1) is 12.0. The van der Waals surface area contributed by atoms with Gasteiger partial charge in [-0.3, -0.25) is 4.79 Å². The fourth-order valence-electron chi connectivity index (χ4n) is 1.71. The molecule has 18 heavy (non-hydrogen) atoms. The SMILES string of the molecule is O=CCNC(=O)c1cccc(-c2ccccc2)c1. The smallest absolute Gasteiger partial charge is 0.251 e. The highest BCUT2D eigenvalue weighted by molar-refractivity contribution is 5.96. The monoisotopic (exact) mass is 239 g/mol. The van der Waals surface area contributed by atoms with Crippen molar-refractivity contribution < 1.29 is 9.59 Å². The van der Waals surface area contributed by atoms with Crippen molar-refractivity contribution >= 4 is 12.2 Å². The van der Waals surface area contributed by atoms with Crippen LogP contribution in [0.4, 0.5) is 0 Å². The fraction of sp³-hybridized carbons (Fsp3) is 0.0667. The van der Waals surface area contributed by atoms with E-state index in [0.717, 1.165) is 11.1 Å². The lowest BCUT2D eigenvalue weighted by Crippen LogP contribution is -2.25. The van der Waals surface area contributed by atoms with Gasteiger partial charge in [0.05, 0.1) is 6.54 Å². The molecule has 0 saturated heterocycles. The van der Waals surface area contributed by atoms with E-state index in [2.05, 4.69) is 5.32 Å². The van der Waals surface area contributed by atoms with E-state index in [0.29, 0.717) is 11.8 Å². The van der Waals surface area contributed by atoms with Crippen LogP contribution in [0.15, 0.2) is 54.6 Å². The molecule has 3 nitrogen and oxygen atoms in total. The Labute approximate surface area is 105 Å². The van der Waals surface area contributed by atoms with Crippen LogP contribution >= 0.6 is 0 Å². The molecule has 1 N–H and O–H groups in total. The molecular formula is C15H13NO2. The lowest BCUT2D eigenvalue weighted by molar-refractivity contribution is -0.107. The van der Waals surface area contributed by atoms with Gasteiger partial charge in [-0.05, 0) is 23.3 Å². The van der Waals surface area contributed by atoms with Gasteiger partial charge in [-0.25, -0.2) is 0 Å². The minimum absolute atomic E-state index is 0.0361. The molecule has 0 fully saturated rings. The van der Waals surface area contributed by atoms with Gasteiger partial charge in [0.1, 0.15) is 6.29 Å². The van der Waals surface area contributed by atoms with Crippen LogP contribution in [0.2, 0.25) is 0 Å². The maximum Gasteiger partial charge on any atom is 0.251 e. The molecule has 3 heteroatoms. The summed E-state index contributed by atoms with van der Waals surface area (Å²) in [4.78, 5) is 21.9. The van der Waals surface area contributed by atoms with Gasteiger partial charge in [-0.1, -0.05) is 42.5 Å². The summed E-state index contributed by atoms with van der Waals surface area (Å²) in [7, 11) is 0. The predicted molar refractivity (Wildman–Crippen MR) is 70.3 cm³/mol. The van der Waals surface area contributed by atoms with E-state index in [1.807, 2.05) is 48.5 Å². The Hall–Kier alpha value is -2.42. The van der Waals surface area contributed by atoms with Crippen LogP contribution in [-0.4, -0.2) is 18.7 Å². The maximum atomic E-state index is 11.7. The third kappa shape index (κ3) is 2.83. The van der Waals surface area contributed by atoms with Crippen LogP contribution in [0.25, 0.3) is 11.1 Å². The van der Waals surface area contributed by atoms with Gasteiger partial charge < -0.3 is 10.1 Å². The molecule has 90 valence electrons. The molecule has 2 aromatic rings. The number of hydrogen-bond donors (Lipinski definition) is 1.